The topological polar surface area (TPSA) is 155 Å². The summed E-state index contributed by atoms with van der Waals surface area (Å²) in [5.41, 5.74) is 8.05. The average Bonchev–Trinajstić information content (AvgIpc) is 2.82. The number of nitrogens with two attached hydrogens (primary N) is 1. The predicted octanol–water partition coefficient (Wildman–Crippen LogP) is 3.80. The maximum atomic E-state index is 13.9. The molecule has 0 saturated carbocycles. The van der Waals surface area contributed by atoms with Crippen molar-refractivity contribution >= 4 is 29.5 Å². The maximum Gasteiger partial charge on any atom is 0.408 e. The van der Waals surface area contributed by atoms with Crippen LogP contribution < -0.4 is 16.4 Å². The van der Waals surface area contributed by atoms with Crippen molar-refractivity contribution in [2.45, 2.75) is 72.1 Å². The molecule has 4 amide bonds. The zero-order valence-corrected chi connectivity index (χ0v) is 23.3. The fraction of sp³-hybridized carbons (Fsp3) is 0.414. The van der Waals surface area contributed by atoms with E-state index in [0.29, 0.717) is 11.3 Å². The summed E-state index contributed by atoms with van der Waals surface area (Å²) >= 11 is 0. The molecule has 39 heavy (non-hydrogen) atoms. The number of alkyl carbamates (subject to hydrolysis) is 1. The smallest absolute Gasteiger partial charge is 0.408 e. The molecule has 0 aromatic heterocycles. The molecule has 0 heterocycles. The minimum atomic E-state index is -1.28. The highest BCUT2D eigenvalue weighted by Gasteiger charge is 2.36. The van der Waals surface area contributed by atoms with Crippen molar-refractivity contribution in [2.24, 2.45) is 5.73 Å². The van der Waals surface area contributed by atoms with Crippen LogP contribution in [0.4, 0.5) is 10.5 Å². The molecule has 2 rings (SSSR count). The van der Waals surface area contributed by atoms with Gasteiger partial charge in [0.05, 0.1) is 6.07 Å². The number of carbonyl (C=O) groups excluding carboxylic acids is 4. The first-order chi connectivity index (χ1) is 18.2. The van der Waals surface area contributed by atoms with Gasteiger partial charge in [-0.3, -0.25) is 14.4 Å². The highest BCUT2D eigenvalue weighted by Crippen LogP contribution is 2.27. The molecule has 0 bridgehead atoms. The first-order valence-corrected chi connectivity index (χ1v) is 12.6. The first kappa shape index (κ1) is 30.8. The third-order valence-corrected chi connectivity index (χ3v) is 5.84. The molecule has 4 N–H and O–H groups in total. The predicted molar refractivity (Wildman–Crippen MR) is 147 cm³/mol. The number of hydrogen-bond acceptors (Lipinski definition) is 6. The molecule has 0 fully saturated rings. The summed E-state index contributed by atoms with van der Waals surface area (Å²) in [6.07, 6.45) is -1.24. The Kier molecular flexibility index (Phi) is 10.6. The van der Waals surface area contributed by atoms with Gasteiger partial charge in [0.2, 0.25) is 11.8 Å². The van der Waals surface area contributed by atoms with E-state index < -0.39 is 48.0 Å². The standard InChI is InChI=1S/C29H37N5O5/c1-18-9-7-12-21(17-18)25(26(36)33-24-19(2)10-8-11-20(24)3)34(16-15-30)27(37)22(13-14-23(31)35)32-28(38)39-29(4,5)6/h7-12,17,22,25H,13-14,16H2,1-6H3,(H2,31,35)(H,32,38)(H,33,36). The first-order valence-electron chi connectivity index (χ1n) is 12.6. The molecule has 10 nitrogen and oxygen atoms in total. The highest BCUT2D eigenvalue weighted by atomic mass is 16.6. The van der Waals surface area contributed by atoms with Crippen molar-refractivity contribution in [1.82, 2.24) is 10.2 Å². The quantitative estimate of drug-likeness (QED) is 0.393. The van der Waals surface area contributed by atoms with Gasteiger partial charge in [0.1, 0.15) is 24.2 Å². The maximum absolute atomic E-state index is 13.9. The molecule has 0 aliphatic heterocycles. The summed E-state index contributed by atoms with van der Waals surface area (Å²) in [5, 5.41) is 15.1. The lowest BCUT2D eigenvalue weighted by molar-refractivity contribution is -0.140. The molecule has 0 saturated heterocycles. The van der Waals surface area contributed by atoms with Crippen molar-refractivity contribution in [2.75, 3.05) is 11.9 Å². The van der Waals surface area contributed by atoms with Gasteiger partial charge in [-0.2, -0.15) is 5.26 Å². The van der Waals surface area contributed by atoms with Crippen LogP contribution in [0.3, 0.4) is 0 Å². The van der Waals surface area contributed by atoms with Gasteiger partial charge >= 0.3 is 6.09 Å². The fourth-order valence-corrected chi connectivity index (χ4v) is 4.08. The number of nitrogens with zero attached hydrogens (tertiary/aromatic N) is 2. The molecule has 2 aromatic carbocycles. The van der Waals surface area contributed by atoms with Crippen molar-refractivity contribution in [3.8, 4) is 6.07 Å². The number of nitriles is 1. The van der Waals surface area contributed by atoms with E-state index in [4.69, 9.17) is 10.5 Å². The van der Waals surface area contributed by atoms with Gasteiger partial charge in [-0.1, -0.05) is 48.0 Å². The van der Waals surface area contributed by atoms with Crippen molar-refractivity contribution in [1.29, 1.82) is 5.26 Å². The number of aryl methyl sites for hydroxylation is 3. The average molecular weight is 536 g/mol. The third kappa shape index (κ3) is 9.14. The number of hydrogen-bond donors (Lipinski definition) is 3. The number of para-hydroxylation sites is 1. The lowest BCUT2D eigenvalue weighted by Crippen LogP contribution is -2.52. The van der Waals surface area contributed by atoms with E-state index in [-0.39, 0.29) is 12.8 Å². The Morgan fingerprint density at radius 3 is 2.21 bits per heavy atom. The summed E-state index contributed by atoms with van der Waals surface area (Å²) in [5.74, 6) is -1.94. The number of rotatable bonds is 10. The van der Waals surface area contributed by atoms with Crippen LogP contribution in [-0.4, -0.2) is 46.9 Å². The summed E-state index contributed by atoms with van der Waals surface area (Å²) < 4.78 is 5.30. The second-order valence-electron chi connectivity index (χ2n) is 10.4. The molecule has 208 valence electrons. The van der Waals surface area contributed by atoms with E-state index in [2.05, 4.69) is 10.6 Å². The number of ether oxygens (including phenoxy) is 1. The second-order valence-corrected chi connectivity index (χ2v) is 10.4. The molecule has 2 aromatic rings. The Labute approximate surface area is 229 Å². The fourth-order valence-electron chi connectivity index (χ4n) is 4.08. The van der Waals surface area contributed by atoms with E-state index in [0.717, 1.165) is 21.6 Å². The zero-order valence-electron chi connectivity index (χ0n) is 23.3. The van der Waals surface area contributed by atoms with Crippen LogP contribution >= 0.6 is 0 Å². The molecule has 0 radical (unpaired) electrons. The van der Waals surface area contributed by atoms with Gasteiger partial charge in [0.15, 0.2) is 0 Å². The Balaban J connectivity index is 2.55. The minimum Gasteiger partial charge on any atom is -0.444 e. The zero-order chi connectivity index (χ0) is 29.3. The normalized spacial score (nSPS) is 12.4. The van der Waals surface area contributed by atoms with Crippen molar-refractivity contribution < 1.29 is 23.9 Å². The second kappa shape index (κ2) is 13.4. The van der Waals surface area contributed by atoms with Crippen LogP contribution in [0, 0.1) is 32.1 Å². The summed E-state index contributed by atoms with van der Waals surface area (Å²) in [6.45, 7) is 10.1. The number of nitrogens with one attached hydrogen (secondary N) is 2. The lowest BCUT2D eigenvalue weighted by Gasteiger charge is -2.33. The van der Waals surface area contributed by atoms with Crippen LogP contribution in [0.25, 0.3) is 0 Å². The van der Waals surface area contributed by atoms with E-state index >= 15 is 0 Å². The van der Waals surface area contributed by atoms with Crippen LogP contribution in [0.15, 0.2) is 42.5 Å². The summed E-state index contributed by atoms with van der Waals surface area (Å²) in [4.78, 5) is 53.0. The minimum absolute atomic E-state index is 0.144. The summed E-state index contributed by atoms with van der Waals surface area (Å²) in [7, 11) is 0. The molecular formula is C29H37N5O5. The number of anilines is 1. The molecule has 0 spiro atoms. The van der Waals surface area contributed by atoms with E-state index in [1.165, 1.54) is 0 Å². The molecule has 0 aliphatic carbocycles. The number of carbonyl (C=O) groups is 4. The van der Waals surface area contributed by atoms with Gasteiger partial charge < -0.3 is 26.0 Å². The molecule has 2 atom stereocenters. The lowest BCUT2D eigenvalue weighted by atomic mass is 9.99. The number of primary amides is 1. The number of amides is 4. The van der Waals surface area contributed by atoms with Gasteiger partial charge in [-0.15, -0.1) is 0 Å². The SMILES string of the molecule is Cc1cccc(C(C(=O)Nc2c(C)cccc2C)N(CC#N)C(=O)C(CCC(N)=O)NC(=O)OC(C)(C)C)c1. The Hall–Kier alpha value is -4.39. The monoisotopic (exact) mass is 535 g/mol. The van der Waals surface area contributed by atoms with Gasteiger partial charge in [0, 0.05) is 12.1 Å². The van der Waals surface area contributed by atoms with Gasteiger partial charge in [-0.05, 0) is 64.7 Å². The molecule has 2 unspecified atom stereocenters. The highest BCUT2D eigenvalue weighted by molar-refractivity contribution is 6.00. The van der Waals surface area contributed by atoms with Gasteiger partial charge in [0.25, 0.3) is 5.91 Å². The van der Waals surface area contributed by atoms with Crippen LogP contribution in [-0.2, 0) is 19.1 Å². The van der Waals surface area contributed by atoms with E-state index in [9.17, 15) is 24.4 Å². The Morgan fingerprint density at radius 1 is 1.05 bits per heavy atom. The van der Waals surface area contributed by atoms with E-state index in [1.807, 2.05) is 51.1 Å². The van der Waals surface area contributed by atoms with Gasteiger partial charge in [-0.25, -0.2) is 4.79 Å². The van der Waals surface area contributed by atoms with Crippen LogP contribution in [0.2, 0.25) is 0 Å². The number of benzene rings is 2. The third-order valence-electron chi connectivity index (χ3n) is 5.84. The molecule has 10 heteroatoms. The Bertz CT molecular complexity index is 1240. The summed E-state index contributed by atoms with van der Waals surface area (Å²) in [6, 6.07) is 12.1. The van der Waals surface area contributed by atoms with Crippen molar-refractivity contribution in [3.05, 3.63) is 64.7 Å². The molecular weight excluding hydrogens is 498 g/mol. The van der Waals surface area contributed by atoms with Crippen LogP contribution in [0.5, 0.6) is 0 Å². The molecule has 0 aliphatic rings. The Morgan fingerprint density at radius 2 is 1.67 bits per heavy atom. The van der Waals surface area contributed by atoms with Crippen LogP contribution in [0.1, 0.15) is 61.9 Å². The van der Waals surface area contributed by atoms with Crippen molar-refractivity contribution in [3.63, 3.8) is 0 Å². The van der Waals surface area contributed by atoms with E-state index in [1.54, 1.807) is 39.0 Å². The largest absolute Gasteiger partial charge is 0.444 e.